The standard InChI is InChI=1S/C20H18F3N3O/c21-20(22,23)17-6-2-1-5-16(17)14-9-12-25(13-10-14)19(27)18-8-7-15-4-3-11-26(15)24-18/h1-8,11,14H,9-10,12-13H2. The second-order valence-electron chi connectivity index (χ2n) is 6.75. The van der Waals surface area contributed by atoms with Crippen molar-refractivity contribution in [1.82, 2.24) is 14.5 Å². The molecule has 0 atom stereocenters. The van der Waals surface area contributed by atoms with E-state index in [1.807, 2.05) is 18.2 Å². The maximum Gasteiger partial charge on any atom is 0.416 e. The van der Waals surface area contributed by atoms with E-state index in [0.29, 0.717) is 37.2 Å². The van der Waals surface area contributed by atoms with Gasteiger partial charge >= 0.3 is 6.18 Å². The molecule has 1 saturated heterocycles. The van der Waals surface area contributed by atoms with E-state index in [2.05, 4.69) is 5.10 Å². The number of nitrogens with zero attached hydrogens (tertiary/aromatic N) is 3. The van der Waals surface area contributed by atoms with Crippen molar-refractivity contribution in [2.75, 3.05) is 13.1 Å². The molecule has 0 saturated carbocycles. The van der Waals surface area contributed by atoms with Gasteiger partial charge in [-0.1, -0.05) is 18.2 Å². The summed E-state index contributed by atoms with van der Waals surface area (Å²) in [6.45, 7) is 0.835. The number of carbonyl (C=O) groups is 1. The van der Waals surface area contributed by atoms with Gasteiger partial charge in [0.15, 0.2) is 0 Å². The van der Waals surface area contributed by atoms with Gasteiger partial charge in [-0.25, -0.2) is 4.52 Å². The first-order valence-electron chi connectivity index (χ1n) is 8.83. The molecule has 0 radical (unpaired) electrons. The number of aromatic nitrogens is 2. The number of rotatable bonds is 2. The second kappa shape index (κ2) is 6.72. The summed E-state index contributed by atoms with van der Waals surface area (Å²) >= 11 is 0. The largest absolute Gasteiger partial charge is 0.416 e. The molecule has 1 aromatic carbocycles. The van der Waals surface area contributed by atoms with E-state index in [1.54, 1.807) is 33.8 Å². The Hall–Kier alpha value is -2.83. The van der Waals surface area contributed by atoms with Gasteiger partial charge in [0, 0.05) is 19.3 Å². The lowest BCUT2D eigenvalue weighted by Gasteiger charge is -2.33. The molecule has 0 bridgehead atoms. The van der Waals surface area contributed by atoms with Crippen LogP contribution in [-0.4, -0.2) is 33.5 Å². The van der Waals surface area contributed by atoms with Crippen LogP contribution in [0.15, 0.2) is 54.7 Å². The average Bonchev–Trinajstić information content (AvgIpc) is 3.15. The molecule has 4 nitrogen and oxygen atoms in total. The quantitative estimate of drug-likeness (QED) is 0.669. The maximum atomic E-state index is 13.3. The number of alkyl halides is 3. The Morgan fingerprint density at radius 2 is 1.74 bits per heavy atom. The Bertz CT molecular complexity index is 972. The molecule has 0 spiro atoms. The zero-order chi connectivity index (χ0) is 19.0. The van der Waals surface area contributed by atoms with Gasteiger partial charge in [0.25, 0.3) is 5.91 Å². The number of piperidine rings is 1. The smallest absolute Gasteiger partial charge is 0.337 e. The molecule has 4 rings (SSSR count). The van der Waals surface area contributed by atoms with Crippen LogP contribution in [0, 0.1) is 0 Å². The van der Waals surface area contributed by atoms with Crippen molar-refractivity contribution >= 4 is 11.4 Å². The minimum Gasteiger partial charge on any atom is -0.337 e. The van der Waals surface area contributed by atoms with Crippen LogP contribution in [0.1, 0.15) is 40.4 Å². The first kappa shape index (κ1) is 17.6. The molecule has 1 amide bonds. The summed E-state index contributed by atoms with van der Waals surface area (Å²) in [7, 11) is 0. The molecule has 1 fully saturated rings. The second-order valence-corrected chi connectivity index (χ2v) is 6.75. The summed E-state index contributed by atoms with van der Waals surface area (Å²) in [6.07, 6.45) is -1.58. The molecule has 0 N–H and O–H groups in total. The van der Waals surface area contributed by atoms with Crippen molar-refractivity contribution in [1.29, 1.82) is 0 Å². The molecular formula is C20H18F3N3O. The van der Waals surface area contributed by atoms with Gasteiger partial charge in [-0.05, 0) is 54.7 Å². The zero-order valence-electron chi connectivity index (χ0n) is 14.5. The lowest BCUT2D eigenvalue weighted by Crippen LogP contribution is -2.38. The molecule has 2 aromatic heterocycles. The van der Waals surface area contributed by atoms with Crippen molar-refractivity contribution in [2.45, 2.75) is 24.9 Å². The topological polar surface area (TPSA) is 37.6 Å². The van der Waals surface area contributed by atoms with Crippen LogP contribution in [0.5, 0.6) is 0 Å². The van der Waals surface area contributed by atoms with Gasteiger partial charge in [0.1, 0.15) is 5.69 Å². The summed E-state index contributed by atoms with van der Waals surface area (Å²) < 4.78 is 41.4. The summed E-state index contributed by atoms with van der Waals surface area (Å²) in [5.74, 6) is -0.389. The lowest BCUT2D eigenvalue weighted by atomic mass is 9.86. The molecule has 3 heterocycles. The molecule has 27 heavy (non-hydrogen) atoms. The van der Waals surface area contributed by atoms with E-state index in [0.717, 1.165) is 11.6 Å². The maximum absolute atomic E-state index is 13.3. The fraction of sp³-hybridized carbons (Fsp3) is 0.300. The molecule has 3 aromatic rings. The lowest BCUT2D eigenvalue weighted by molar-refractivity contribution is -0.138. The highest BCUT2D eigenvalue weighted by Crippen LogP contribution is 2.38. The fourth-order valence-electron chi connectivity index (χ4n) is 3.70. The molecule has 140 valence electrons. The highest BCUT2D eigenvalue weighted by Gasteiger charge is 2.36. The number of carbonyl (C=O) groups excluding carboxylic acids is 1. The number of halogens is 3. The average molecular weight is 373 g/mol. The number of fused-ring (bicyclic) bond motifs is 1. The highest BCUT2D eigenvalue weighted by molar-refractivity contribution is 5.92. The number of likely N-dealkylation sites (tertiary alicyclic amines) is 1. The SMILES string of the molecule is O=C(c1ccc2cccn2n1)N1CCC(c2ccccc2C(F)(F)F)CC1. The Balaban J connectivity index is 1.48. The summed E-state index contributed by atoms with van der Waals surface area (Å²) in [4.78, 5) is 14.4. The van der Waals surface area contributed by atoms with Crippen molar-refractivity contribution < 1.29 is 18.0 Å². The van der Waals surface area contributed by atoms with Gasteiger partial charge in [0.2, 0.25) is 0 Å². The predicted octanol–water partition coefficient (Wildman–Crippen LogP) is 4.37. The first-order chi connectivity index (χ1) is 12.9. The Kier molecular flexibility index (Phi) is 4.37. The molecule has 0 aliphatic carbocycles. The van der Waals surface area contributed by atoms with Crippen molar-refractivity contribution in [3.05, 3.63) is 71.5 Å². The molecule has 1 aliphatic heterocycles. The van der Waals surface area contributed by atoms with Gasteiger partial charge in [-0.3, -0.25) is 4.79 Å². The van der Waals surface area contributed by atoms with E-state index >= 15 is 0 Å². The van der Waals surface area contributed by atoms with Crippen LogP contribution in [0.25, 0.3) is 5.52 Å². The number of amides is 1. The third kappa shape index (κ3) is 3.41. The van der Waals surface area contributed by atoms with Crippen molar-refractivity contribution in [2.24, 2.45) is 0 Å². The summed E-state index contributed by atoms with van der Waals surface area (Å²) in [5, 5.41) is 4.31. The van der Waals surface area contributed by atoms with Gasteiger partial charge in [-0.2, -0.15) is 18.3 Å². The van der Waals surface area contributed by atoms with E-state index in [1.165, 1.54) is 6.07 Å². The number of hydrogen-bond donors (Lipinski definition) is 0. The van der Waals surface area contributed by atoms with Crippen molar-refractivity contribution in [3.8, 4) is 0 Å². The third-order valence-corrected chi connectivity index (χ3v) is 5.09. The first-order valence-corrected chi connectivity index (χ1v) is 8.83. The van der Waals surface area contributed by atoms with Crippen LogP contribution in [0.2, 0.25) is 0 Å². The van der Waals surface area contributed by atoms with E-state index in [-0.39, 0.29) is 11.8 Å². The van der Waals surface area contributed by atoms with Gasteiger partial charge < -0.3 is 4.90 Å². The van der Waals surface area contributed by atoms with E-state index < -0.39 is 11.7 Å². The minimum absolute atomic E-state index is 0.187. The Labute approximate surface area is 154 Å². The molecule has 0 unspecified atom stereocenters. The van der Waals surface area contributed by atoms with E-state index in [9.17, 15) is 18.0 Å². The molecule has 1 aliphatic rings. The summed E-state index contributed by atoms with van der Waals surface area (Å²) in [5.41, 5.74) is 0.986. The fourth-order valence-corrected chi connectivity index (χ4v) is 3.70. The van der Waals surface area contributed by atoms with Crippen LogP contribution in [0.4, 0.5) is 13.2 Å². The predicted molar refractivity (Wildman–Crippen MR) is 94.5 cm³/mol. The molecular weight excluding hydrogens is 355 g/mol. The normalized spacial score (nSPS) is 16.0. The highest BCUT2D eigenvalue weighted by atomic mass is 19.4. The third-order valence-electron chi connectivity index (χ3n) is 5.09. The zero-order valence-corrected chi connectivity index (χ0v) is 14.5. The van der Waals surface area contributed by atoms with Gasteiger partial charge in [0.05, 0.1) is 11.1 Å². The van der Waals surface area contributed by atoms with E-state index in [4.69, 9.17) is 0 Å². The van der Waals surface area contributed by atoms with Crippen LogP contribution in [-0.2, 0) is 6.18 Å². The number of hydrogen-bond acceptors (Lipinski definition) is 2. The Morgan fingerprint density at radius 3 is 2.48 bits per heavy atom. The van der Waals surface area contributed by atoms with Crippen LogP contribution < -0.4 is 0 Å². The monoisotopic (exact) mass is 373 g/mol. The van der Waals surface area contributed by atoms with Crippen LogP contribution >= 0.6 is 0 Å². The van der Waals surface area contributed by atoms with Crippen molar-refractivity contribution in [3.63, 3.8) is 0 Å². The minimum atomic E-state index is -4.36. The Morgan fingerprint density at radius 1 is 1.00 bits per heavy atom. The summed E-state index contributed by atoms with van der Waals surface area (Å²) in [6, 6.07) is 13.0. The number of benzene rings is 1. The van der Waals surface area contributed by atoms with Gasteiger partial charge in [-0.15, -0.1) is 0 Å². The molecule has 7 heteroatoms. The van der Waals surface area contributed by atoms with Crippen LogP contribution in [0.3, 0.4) is 0 Å².